The van der Waals surface area contributed by atoms with E-state index in [0.29, 0.717) is 25.5 Å². The lowest BCUT2D eigenvalue weighted by Gasteiger charge is -2.36. The first-order chi connectivity index (χ1) is 12.6. The third kappa shape index (κ3) is 3.14. The SMILES string of the molecule is CC(C)c1noc(C2CN(C(=O)NCc3cccc4ccccc34)C2)n1. The van der Waals surface area contributed by atoms with Gasteiger partial charge in [-0.3, -0.25) is 0 Å². The van der Waals surface area contributed by atoms with Gasteiger partial charge in [0.05, 0.1) is 5.92 Å². The molecule has 4 rings (SSSR count). The van der Waals surface area contributed by atoms with Gasteiger partial charge in [-0.1, -0.05) is 61.5 Å². The number of carbonyl (C=O) groups is 1. The maximum atomic E-state index is 12.4. The van der Waals surface area contributed by atoms with Crippen molar-refractivity contribution in [1.82, 2.24) is 20.4 Å². The van der Waals surface area contributed by atoms with Crippen LogP contribution in [0.15, 0.2) is 47.0 Å². The number of amides is 2. The lowest BCUT2D eigenvalue weighted by atomic mass is 10.0. The lowest BCUT2D eigenvalue weighted by Crippen LogP contribution is -2.52. The van der Waals surface area contributed by atoms with E-state index in [0.717, 1.165) is 11.4 Å². The van der Waals surface area contributed by atoms with Crippen LogP contribution in [0.2, 0.25) is 0 Å². The predicted octanol–water partition coefficient (Wildman–Crippen LogP) is 3.66. The van der Waals surface area contributed by atoms with Crippen LogP contribution < -0.4 is 5.32 Å². The molecule has 0 atom stereocenters. The minimum Gasteiger partial charge on any atom is -0.339 e. The number of hydrogen-bond donors (Lipinski definition) is 1. The first kappa shape index (κ1) is 16.6. The monoisotopic (exact) mass is 350 g/mol. The molecule has 1 aliphatic rings. The lowest BCUT2D eigenvalue weighted by molar-refractivity contribution is 0.136. The standard InChI is InChI=1S/C20H22N4O2/c1-13(2)18-22-19(26-23-18)16-11-24(12-16)20(25)21-10-15-8-5-7-14-6-3-4-9-17(14)15/h3-9,13,16H,10-12H2,1-2H3,(H,21,25). The topological polar surface area (TPSA) is 71.3 Å². The van der Waals surface area contributed by atoms with Crippen molar-refractivity contribution in [3.63, 3.8) is 0 Å². The Morgan fingerprint density at radius 2 is 2.00 bits per heavy atom. The van der Waals surface area contributed by atoms with Crippen LogP contribution >= 0.6 is 0 Å². The summed E-state index contributed by atoms with van der Waals surface area (Å²) in [5.74, 6) is 1.73. The molecule has 0 saturated carbocycles. The summed E-state index contributed by atoms with van der Waals surface area (Å²) in [6, 6.07) is 14.3. The van der Waals surface area contributed by atoms with Gasteiger partial charge in [-0.25, -0.2) is 4.79 Å². The number of nitrogens with one attached hydrogen (secondary N) is 1. The summed E-state index contributed by atoms with van der Waals surface area (Å²) in [5.41, 5.74) is 1.12. The van der Waals surface area contributed by atoms with Crippen LogP contribution in [0.25, 0.3) is 10.8 Å². The molecule has 1 aromatic heterocycles. The second-order valence-corrected chi connectivity index (χ2v) is 7.04. The zero-order valence-corrected chi connectivity index (χ0v) is 15.0. The third-order valence-corrected chi connectivity index (χ3v) is 4.80. The van der Waals surface area contributed by atoms with Crippen molar-refractivity contribution in [3.8, 4) is 0 Å². The van der Waals surface area contributed by atoms with Crippen molar-refractivity contribution in [2.75, 3.05) is 13.1 Å². The summed E-state index contributed by atoms with van der Waals surface area (Å²) in [4.78, 5) is 18.6. The van der Waals surface area contributed by atoms with Crippen molar-refractivity contribution < 1.29 is 9.32 Å². The highest BCUT2D eigenvalue weighted by atomic mass is 16.5. The molecule has 0 radical (unpaired) electrons. The third-order valence-electron chi connectivity index (χ3n) is 4.80. The van der Waals surface area contributed by atoms with E-state index < -0.39 is 0 Å². The Labute approximate surface area is 152 Å². The summed E-state index contributed by atoms with van der Waals surface area (Å²) in [5, 5.41) is 9.35. The number of hydrogen-bond acceptors (Lipinski definition) is 4. The Morgan fingerprint density at radius 1 is 1.23 bits per heavy atom. The fourth-order valence-corrected chi connectivity index (χ4v) is 3.18. The largest absolute Gasteiger partial charge is 0.339 e. The Bertz CT molecular complexity index is 923. The average molecular weight is 350 g/mol. The van der Waals surface area contributed by atoms with Crippen molar-refractivity contribution in [1.29, 1.82) is 0 Å². The molecular formula is C20H22N4O2. The fourth-order valence-electron chi connectivity index (χ4n) is 3.18. The summed E-state index contributed by atoms with van der Waals surface area (Å²) < 4.78 is 5.32. The quantitative estimate of drug-likeness (QED) is 0.779. The second-order valence-electron chi connectivity index (χ2n) is 7.04. The van der Waals surface area contributed by atoms with E-state index in [1.54, 1.807) is 4.90 Å². The van der Waals surface area contributed by atoms with Crippen LogP contribution in [-0.2, 0) is 6.54 Å². The van der Waals surface area contributed by atoms with Crippen LogP contribution in [0.3, 0.4) is 0 Å². The van der Waals surface area contributed by atoms with Crippen LogP contribution in [0.1, 0.15) is 43.0 Å². The molecule has 6 heteroatoms. The first-order valence-electron chi connectivity index (χ1n) is 8.94. The number of aromatic nitrogens is 2. The van der Waals surface area contributed by atoms with Gasteiger partial charge in [0.1, 0.15) is 0 Å². The fraction of sp³-hybridized carbons (Fsp3) is 0.350. The average Bonchev–Trinajstić information content (AvgIpc) is 3.08. The highest BCUT2D eigenvalue weighted by Crippen LogP contribution is 2.27. The molecule has 0 unspecified atom stereocenters. The molecule has 0 bridgehead atoms. The maximum Gasteiger partial charge on any atom is 0.317 e. The van der Waals surface area contributed by atoms with E-state index in [1.807, 2.05) is 38.1 Å². The number of benzene rings is 2. The molecule has 1 saturated heterocycles. The second kappa shape index (κ2) is 6.78. The normalized spacial score (nSPS) is 14.7. The molecule has 2 aromatic carbocycles. The van der Waals surface area contributed by atoms with E-state index in [1.165, 1.54) is 10.8 Å². The van der Waals surface area contributed by atoms with E-state index in [2.05, 4.69) is 33.7 Å². The molecule has 3 aromatic rings. The highest BCUT2D eigenvalue weighted by molar-refractivity contribution is 5.86. The molecule has 134 valence electrons. The van der Waals surface area contributed by atoms with Crippen LogP contribution in [0, 0.1) is 0 Å². The molecular weight excluding hydrogens is 328 g/mol. The van der Waals surface area contributed by atoms with Gasteiger partial charge in [0.2, 0.25) is 5.89 Å². The smallest absolute Gasteiger partial charge is 0.317 e. The Hall–Kier alpha value is -2.89. The Morgan fingerprint density at radius 3 is 2.77 bits per heavy atom. The number of urea groups is 1. The van der Waals surface area contributed by atoms with Gasteiger partial charge < -0.3 is 14.7 Å². The van der Waals surface area contributed by atoms with Crippen molar-refractivity contribution >= 4 is 16.8 Å². The van der Waals surface area contributed by atoms with E-state index in [4.69, 9.17) is 4.52 Å². The minimum atomic E-state index is -0.0576. The molecule has 0 aliphatic carbocycles. The van der Waals surface area contributed by atoms with Gasteiger partial charge in [-0.2, -0.15) is 4.98 Å². The van der Waals surface area contributed by atoms with Crippen molar-refractivity contribution in [2.24, 2.45) is 0 Å². The van der Waals surface area contributed by atoms with Gasteiger partial charge in [-0.05, 0) is 16.3 Å². The molecule has 0 spiro atoms. The van der Waals surface area contributed by atoms with Gasteiger partial charge in [0.25, 0.3) is 0 Å². The molecule has 1 fully saturated rings. The summed E-state index contributed by atoms with van der Waals surface area (Å²) in [6.07, 6.45) is 0. The number of carbonyl (C=O) groups excluding carboxylic acids is 1. The summed E-state index contributed by atoms with van der Waals surface area (Å²) >= 11 is 0. The van der Waals surface area contributed by atoms with Crippen LogP contribution in [-0.4, -0.2) is 34.2 Å². The van der Waals surface area contributed by atoms with Gasteiger partial charge in [0, 0.05) is 25.6 Å². The highest BCUT2D eigenvalue weighted by Gasteiger charge is 2.35. The van der Waals surface area contributed by atoms with Gasteiger partial charge in [0.15, 0.2) is 5.82 Å². The van der Waals surface area contributed by atoms with Crippen LogP contribution in [0.4, 0.5) is 4.79 Å². The van der Waals surface area contributed by atoms with E-state index in [-0.39, 0.29) is 17.9 Å². The Kier molecular flexibility index (Phi) is 4.32. The number of nitrogens with zero attached hydrogens (tertiary/aromatic N) is 3. The predicted molar refractivity (Wildman–Crippen MR) is 98.9 cm³/mol. The van der Waals surface area contributed by atoms with Gasteiger partial charge in [-0.15, -0.1) is 0 Å². The number of likely N-dealkylation sites (tertiary alicyclic amines) is 1. The summed E-state index contributed by atoms with van der Waals surface area (Å²) in [6.45, 7) is 5.80. The molecule has 26 heavy (non-hydrogen) atoms. The zero-order chi connectivity index (χ0) is 18.1. The van der Waals surface area contributed by atoms with E-state index in [9.17, 15) is 4.79 Å². The molecule has 1 N–H and O–H groups in total. The molecule has 6 nitrogen and oxygen atoms in total. The van der Waals surface area contributed by atoms with E-state index >= 15 is 0 Å². The number of rotatable bonds is 4. The van der Waals surface area contributed by atoms with Crippen molar-refractivity contribution in [2.45, 2.75) is 32.2 Å². The zero-order valence-electron chi connectivity index (χ0n) is 15.0. The minimum absolute atomic E-state index is 0.0576. The molecule has 2 heterocycles. The molecule has 2 amide bonds. The van der Waals surface area contributed by atoms with Gasteiger partial charge >= 0.3 is 6.03 Å². The van der Waals surface area contributed by atoms with Crippen LogP contribution in [0.5, 0.6) is 0 Å². The Balaban J connectivity index is 1.33. The number of fused-ring (bicyclic) bond motifs is 1. The van der Waals surface area contributed by atoms with Crippen molar-refractivity contribution in [3.05, 3.63) is 59.7 Å². The summed E-state index contributed by atoms with van der Waals surface area (Å²) in [7, 11) is 0. The first-order valence-corrected chi connectivity index (χ1v) is 8.94. The molecule has 1 aliphatic heterocycles. The maximum absolute atomic E-state index is 12.4.